The van der Waals surface area contributed by atoms with E-state index in [9.17, 15) is 17.6 Å². The molecule has 116 valence electrons. The Balaban J connectivity index is 2.56. The number of hydrogen-bond donors (Lipinski definition) is 2. The average Bonchev–Trinajstić information content (AvgIpc) is 2.37. The zero-order valence-electron chi connectivity index (χ0n) is 11.6. The van der Waals surface area contributed by atoms with Crippen LogP contribution < -0.4 is 10.0 Å². The molecule has 8 heteroatoms. The summed E-state index contributed by atoms with van der Waals surface area (Å²) >= 11 is 5.54. The molecule has 1 rings (SSSR count). The summed E-state index contributed by atoms with van der Waals surface area (Å²) < 4.78 is 39.1. The molecule has 0 aromatic heterocycles. The largest absolute Gasteiger partial charge is 0.351 e. The van der Waals surface area contributed by atoms with Gasteiger partial charge in [-0.15, -0.1) is 0 Å². The van der Waals surface area contributed by atoms with Crippen molar-refractivity contribution in [2.45, 2.75) is 18.7 Å². The molecule has 0 spiro atoms. The minimum absolute atomic E-state index is 0.0136. The first-order valence-corrected chi connectivity index (χ1v) is 7.96. The van der Waals surface area contributed by atoms with Crippen molar-refractivity contribution < 1.29 is 17.6 Å². The average molecular weight is 335 g/mol. The monoisotopic (exact) mass is 334 g/mol. The van der Waals surface area contributed by atoms with Crippen molar-refractivity contribution in [3.05, 3.63) is 40.7 Å². The highest BCUT2D eigenvalue weighted by atomic mass is 35.5. The second-order valence-electron chi connectivity index (χ2n) is 4.49. The lowest BCUT2D eigenvalue weighted by Gasteiger charge is -2.08. The molecule has 0 radical (unpaired) electrons. The lowest BCUT2D eigenvalue weighted by atomic mass is 10.3. The van der Waals surface area contributed by atoms with E-state index in [-0.39, 0.29) is 28.9 Å². The second-order valence-corrected chi connectivity index (χ2v) is 6.66. The fourth-order valence-electron chi connectivity index (χ4n) is 1.41. The summed E-state index contributed by atoms with van der Waals surface area (Å²) in [6, 6.07) is 3.12. The Labute approximate surface area is 128 Å². The van der Waals surface area contributed by atoms with Gasteiger partial charge in [0.05, 0.1) is 9.92 Å². The van der Waals surface area contributed by atoms with Crippen LogP contribution in [0.2, 0.25) is 5.02 Å². The van der Waals surface area contributed by atoms with Gasteiger partial charge in [-0.25, -0.2) is 17.5 Å². The maximum Gasteiger partial charge on any atom is 0.243 e. The smallest absolute Gasteiger partial charge is 0.243 e. The Hall–Kier alpha value is -1.44. The Bertz CT molecular complexity index is 655. The van der Waals surface area contributed by atoms with Crippen molar-refractivity contribution in [2.75, 3.05) is 13.1 Å². The molecule has 0 heterocycles. The minimum Gasteiger partial charge on any atom is -0.351 e. The molecule has 21 heavy (non-hydrogen) atoms. The summed E-state index contributed by atoms with van der Waals surface area (Å²) in [5, 5.41) is 2.26. The van der Waals surface area contributed by atoms with Crippen molar-refractivity contribution >= 4 is 27.5 Å². The molecule has 1 aromatic carbocycles. The maximum atomic E-state index is 13.0. The number of amides is 1. The lowest BCUT2D eigenvalue weighted by Crippen LogP contribution is -2.34. The fourth-order valence-corrected chi connectivity index (χ4v) is 2.71. The molecular formula is C13H16ClFN2O3S. The van der Waals surface area contributed by atoms with Crippen molar-refractivity contribution in [1.29, 1.82) is 0 Å². The summed E-state index contributed by atoms with van der Waals surface area (Å²) in [5.41, 5.74) is 0.842. The predicted octanol–water partition coefficient (Wildman–Crippen LogP) is 1.84. The van der Waals surface area contributed by atoms with Crippen molar-refractivity contribution in [3.8, 4) is 0 Å². The maximum absolute atomic E-state index is 13.0. The summed E-state index contributed by atoms with van der Waals surface area (Å²) in [6.45, 7) is 3.71. The molecule has 0 atom stereocenters. The van der Waals surface area contributed by atoms with Gasteiger partial charge in [-0.05, 0) is 32.0 Å². The van der Waals surface area contributed by atoms with Gasteiger partial charge in [0, 0.05) is 19.2 Å². The molecule has 5 nitrogen and oxygen atoms in total. The zero-order chi connectivity index (χ0) is 16.0. The Morgan fingerprint density at radius 3 is 2.57 bits per heavy atom. The molecular weight excluding hydrogens is 319 g/mol. The van der Waals surface area contributed by atoms with Crippen molar-refractivity contribution in [1.82, 2.24) is 10.0 Å². The topological polar surface area (TPSA) is 75.3 Å². The van der Waals surface area contributed by atoms with E-state index in [0.717, 1.165) is 23.8 Å². The molecule has 0 aliphatic heterocycles. The van der Waals surface area contributed by atoms with Gasteiger partial charge in [0.15, 0.2) is 0 Å². The quantitative estimate of drug-likeness (QED) is 0.615. The van der Waals surface area contributed by atoms with Crippen LogP contribution in [0.4, 0.5) is 4.39 Å². The molecule has 0 aliphatic carbocycles. The van der Waals surface area contributed by atoms with Gasteiger partial charge < -0.3 is 5.32 Å². The van der Waals surface area contributed by atoms with Crippen LogP contribution in [0.1, 0.15) is 13.8 Å². The lowest BCUT2D eigenvalue weighted by molar-refractivity contribution is -0.116. The van der Waals surface area contributed by atoms with Gasteiger partial charge in [0.1, 0.15) is 5.82 Å². The van der Waals surface area contributed by atoms with Crippen LogP contribution in [0.5, 0.6) is 0 Å². The standard InChI is InChI=1S/C13H16ClFN2O3S/c1-9(2)7-13(18)16-5-6-17-21(19,20)10-3-4-12(15)11(14)8-10/h3-4,7-8,17H,5-6H2,1-2H3,(H,16,18). The van der Waals surface area contributed by atoms with Crippen LogP contribution in [0.15, 0.2) is 34.7 Å². The third-order valence-corrected chi connectivity index (χ3v) is 4.09. The van der Waals surface area contributed by atoms with Gasteiger partial charge in [0.2, 0.25) is 15.9 Å². The van der Waals surface area contributed by atoms with Crippen LogP contribution >= 0.6 is 11.6 Å². The van der Waals surface area contributed by atoms with Gasteiger partial charge in [-0.3, -0.25) is 4.79 Å². The molecule has 0 saturated heterocycles. The molecule has 0 aliphatic rings. The SMILES string of the molecule is CC(C)=CC(=O)NCCNS(=O)(=O)c1ccc(F)c(Cl)c1. The molecule has 1 aromatic rings. The number of allylic oxidation sites excluding steroid dienone is 1. The first kappa shape index (κ1) is 17.6. The molecule has 2 N–H and O–H groups in total. The van der Waals surface area contributed by atoms with E-state index >= 15 is 0 Å². The highest BCUT2D eigenvalue weighted by Crippen LogP contribution is 2.18. The number of rotatable bonds is 6. The summed E-state index contributed by atoms with van der Waals surface area (Å²) in [4.78, 5) is 11.2. The molecule has 0 saturated carbocycles. The molecule has 0 unspecified atom stereocenters. The molecule has 0 fully saturated rings. The minimum atomic E-state index is -3.79. The Kier molecular flexibility index (Phi) is 6.32. The van der Waals surface area contributed by atoms with Crippen LogP contribution in [-0.4, -0.2) is 27.4 Å². The first-order valence-electron chi connectivity index (χ1n) is 6.10. The number of nitrogens with one attached hydrogen (secondary N) is 2. The van der Waals surface area contributed by atoms with E-state index in [1.165, 1.54) is 6.08 Å². The predicted molar refractivity (Wildman–Crippen MR) is 79.0 cm³/mol. The Morgan fingerprint density at radius 1 is 1.33 bits per heavy atom. The first-order chi connectivity index (χ1) is 9.72. The number of sulfonamides is 1. The zero-order valence-corrected chi connectivity index (χ0v) is 13.2. The highest BCUT2D eigenvalue weighted by molar-refractivity contribution is 7.89. The fraction of sp³-hybridized carbons (Fsp3) is 0.308. The molecule has 1 amide bonds. The van der Waals surface area contributed by atoms with Crippen molar-refractivity contribution in [2.24, 2.45) is 0 Å². The van der Waals surface area contributed by atoms with E-state index < -0.39 is 15.8 Å². The third-order valence-electron chi connectivity index (χ3n) is 2.34. The van der Waals surface area contributed by atoms with Crippen LogP contribution in [0.25, 0.3) is 0 Å². The summed E-state index contributed by atoms with van der Waals surface area (Å²) in [7, 11) is -3.79. The van der Waals surface area contributed by atoms with E-state index in [4.69, 9.17) is 11.6 Å². The van der Waals surface area contributed by atoms with Crippen LogP contribution in [0.3, 0.4) is 0 Å². The van der Waals surface area contributed by atoms with Crippen molar-refractivity contribution in [3.63, 3.8) is 0 Å². The summed E-state index contributed by atoms with van der Waals surface area (Å²) in [5.74, 6) is -0.983. The summed E-state index contributed by atoms with van der Waals surface area (Å²) in [6.07, 6.45) is 1.41. The van der Waals surface area contributed by atoms with Gasteiger partial charge >= 0.3 is 0 Å². The number of carbonyl (C=O) groups is 1. The third kappa shape index (κ3) is 5.82. The highest BCUT2D eigenvalue weighted by Gasteiger charge is 2.15. The molecule has 0 bridgehead atoms. The van der Waals surface area contributed by atoms with Crippen LogP contribution in [-0.2, 0) is 14.8 Å². The van der Waals surface area contributed by atoms with Gasteiger partial charge in [-0.2, -0.15) is 0 Å². The van der Waals surface area contributed by atoms with E-state index in [1.54, 1.807) is 13.8 Å². The van der Waals surface area contributed by atoms with Gasteiger partial charge in [0.25, 0.3) is 0 Å². The number of halogens is 2. The van der Waals surface area contributed by atoms with Gasteiger partial charge in [-0.1, -0.05) is 17.2 Å². The second kappa shape index (κ2) is 7.53. The number of carbonyl (C=O) groups excluding carboxylic acids is 1. The number of hydrogen-bond acceptors (Lipinski definition) is 3. The van der Waals surface area contributed by atoms with E-state index in [2.05, 4.69) is 10.0 Å². The van der Waals surface area contributed by atoms with Crippen LogP contribution in [0, 0.1) is 5.82 Å². The number of benzene rings is 1. The normalized spacial score (nSPS) is 11.0. The Morgan fingerprint density at radius 2 is 2.00 bits per heavy atom. The van der Waals surface area contributed by atoms with E-state index in [1.807, 2.05) is 0 Å². The van der Waals surface area contributed by atoms with E-state index in [0.29, 0.717) is 0 Å².